The van der Waals surface area contributed by atoms with Gasteiger partial charge >= 0.3 is 6.16 Å². The molecule has 3 atom stereocenters. The summed E-state index contributed by atoms with van der Waals surface area (Å²) in [6.45, 7) is 3.01. The standard InChI is InChI=1S/C11H18O5/c1-8-13-6-9(15-8)4-2-3-5-10-7-14-11(12)16-10/h8-10H,2-7H2,1H3. The van der Waals surface area contributed by atoms with E-state index >= 15 is 0 Å². The molecule has 2 fully saturated rings. The van der Waals surface area contributed by atoms with E-state index in [2.05, 4.69) is 0 Å². The Morgan fingerprint density at radius 3 is 2.50 bits per heavy atom. The minimum Gasteiger partial charge on any atom is -0.430 e. The molecule has 16 heavy (non-hydrogen) atoms. The number of carbonyl (C=O) groups is 1. The van der Waals surface area contributed by atoms with Crippen LogP contribution in [0.3, 0.4) is 0 Å². The topological polar surface area (TPSA) is 54.0 Å². The zero-order valence-corrected chi connectivity index (χ0v) is 9.52. The predicted molar refractivity (Wildman–Crippen MR) is 55.0 cm³/mol. The molecule has 0 amide bonds. The summed E-state index contributed by atoms with van der Waals surface area (Å²) in [6.07, 6.45) is 3.55. The lowest BCUT2D eigenvalue weighted by Gasteiger charge is -2.09. The highest BCUT2D eigenvalue weighted by molar-refractivity contribution is 5.61. The Morgan fingerprint density at radius 1 is 1.19 bits per heavy atom. The number of unbranched alkanes of at least 4 members (excludes halogenated alkanes) is 1. The second-order valence-electron chi connectivity index (χ2n) is 4.24. The fraction of sp³-hybridized carbons (Fsp3) is 0.909. The number of hydrogen-bond acceptors (Lipinski definition) is 5. The SMILES string of the molecule is CC1OCC(CCCCC2COC(=O)O2)O1. The summed E-state index contributed by atoms with van der Waals surface area (Å²) in [5, 5.41) is 0. The molecule has 2 aliphatic rings. The molecule has 92 valence electrons. The number of ether oxygens (including phenoxy) is 4. The molecule has 3 unspecified atom stereocenters. The van der Waals surface area contributed by atoms with Crippen molar-refractivity contribution in [2.24, 2.45) is 0 Å². The summed E-state index contributed by atoms with van der Waals surface area (Å²) >= 11 is 0. The van der Waals surface area contributed by atoms with E-state index in [4.69, 9.17) is 18.9 Å². The number of hydrogen-bond donors (Lipinski definition) is 0. The normalized spacial score (nSPS) is 33.8. The highest BCUT2D eigenvalue weighted by Crippen LogP contribution is 2.18. The molecule has 0 N–H and O–H groups in total. The van der Waals surface area contributed by atoms with E-state index in [-0.39, 0.29) is 18.5 Å². The molecular weight excluding hydrogens is 212 g/mol. The Balaban J connectivity index is 1.50. The summed E-state index contributed by atoms with van der Waals surface area (Å²) in [5.41, 5.74) is 0. The summed E-state index contributed by atoms with van der Waals surface area (Å²) in [4.78, 5) is 10.7. The number of carbonyl (C=O) groups excluding carboxylic acids is 1. The van der Waals surface area contributed by atoms with Crippen molar-refractivity contribution < 1.29 is 23.7 Å². The second-order valence-corrected chi connectivity index (χ2v) is 4.24. The lowest BCUT2D eigenvalue weighted by molar-refractivity contribution is -0.0435. The Hall–Kier alpha value is -0.810. The maximum atomic E-state index is 10.7. The van der Waals surface area contributed by atoms with Crippen molar-refractivity contribution in [3.63, 3.8) is 0 Å². The molecule has 0 aromatic carbocycles. The second kappa shape index (κ2) is 5.50. The van der Waals surface area contributed by atoms with E-state index in [0.717, 1.165) is 25.7 Å². The monoisotopic (exact) mass is 230 g/mol. The summed E-state index contributed by atoms with van der Waals surface area (Å²) < 4.78 is 20.5. The molecule has 5 heteroatoms. The van der Waals surface area contributed by atoms with E-state index in [1.807, 2.05) is 6.92 Å². The van der Waals surface area contributed by atoms with Gasteiger partial charge in [0.05, 0.1) is 12.7 Å². The Morgan fingerprint density at radius 2 is 1.94 bits per heavy atom. The minimum atomic E-state index is -0.536. The Kier molecular flexibility index (Phi) is 4.01. The molecule has 0 radical (unpaired) electrons. The van der Waals surface area contributed by atoms with Crippen molar-refractivity contribution in [2.75, 3.05) is 13.2 Å². The van der Waals surface area contributed by atoms with E-state index in [9.17, 15) is 4.79 Å². The molecule has 0 aromatic heterocycles. The molecule has 0 aliphatic carbocycles. The molecule has 2 saturated heterocycles. The quantitative estimate of drug-likeness (QED) is 0.533. The third-order valence-electron chi connectivity index (χ3n) is 2.85. The van der Waals surface area contributed by atoms with E-state index in [1.54, 1.807) is 0 Å². The first kappa shape index (κ1) is 11.7. The summed E-state index contributed by atoms with van der Waals surface area (Å²) in [5.74, 6) is 0. The molecule has 5 nitrogen and oxygen atoms in total. The van der Waals surface area contributed by atoms with Gasteiger partial charge in [0.1, 0.15) is 12.7 Å². The van der Waals surface area contributed by atoms with Gasteiger partial charge in [-0.2, -0.15) is 0 Å². The lowest BCUT2D eigenvalue weighted by atomic mass is 10.1. The molecule has 0 bridgehead atoms. The van der Waals surface area contributed by atoms with Crippen LogP contribution in [0.4, 0.5) is 4.79 Å². The highest BCUT2D eigenvalue weighted by Gasteiger charge is 2.25. The smallest absolute Gasteiger partial charge is 0.430 e. The van der Waals surface area contributed by atoms with Crippen LogP contribution < -0.4 is 0 Å². The molecular formula is C11H18O5. The fourth-order valence-electron chi connectivity index (χ4n) is 2.00. The van der Waals surface area contributed by atoms with Crippen LogP contribution in [0.2, 0.25) is 0 Å². The first-order valence-corrected chi connectivity index (χ1v) is 5.84. The van der Waals surface area contributed by atoms with Crippen molar-refractivity contribution in [1.29, 1.82) is 0 Å². The maximum absolute atomic E-state index is 10.7. The molecule has 2 heterocycles. The molecule has 0 spiro atoms. The average Bonchev–Trinajstić information content (AvgIpc) is 2.83. The number of rotatable bonds is 5. The van der Waals surface area contributed by atoms with Gasteiger partial charge in [-0.15, -0.1) is 0 Å². The zero-order valence-electron chi connectivity index (χ0n) is 9.52. The Labute approximate surface area is 95.0 Å². The van der Waals surface area contributed by atoms with Gasteiger partial charge in [0, 0.05) is 0 Å². The Bertz CT molecular complexity index is 243. The fourth-order valence-corrected chi connectivity index (χ4v) is 2.00. The minimum absolute atomic E-state index is 0.0489. The van der Waals surface area contributed by atoms with Crippen LogP contribution in [-0.4, -0.2) is 37.9 Å². The van der Waals surface area contributed by atoms with Gasteiger partial charge in [0.25, 0.3) is 0 Å². The van der Waals surface area contributed by atoms with Gasteiger partial charge in [-0.1, -0.05) is 6.42 Å². The predicted octanol–water partition coefficient (Wildman–Crippen LogP) is 1.84. The van der Waals surface area contributed by atoms with Gasteiger partial charge in [-0.05, 0) is 26.2 Å². The van der Waals surface area contributed by atoms with Gasteiger partial charge in [0.15, 0.2) is 6.29 Å². The molecule has 2 rings (SSSR count). The highest BCUT2D eigenvalue weighted by atomic mass is 16.8. The van der Waals surface area contributed by atoms with Crippen LogP contribution in [0.15, 0.2) is 0 Å². The van der Waals surface area contributed by atoms with Gasteiger partial charge in [-0.3, -0.25) is 0 Å². The average molecular weight is 230 g/mol. The van der Waals surface area contributed by atoms with Gasteiger partial charge < -0.3 is 18.9 Å². The van der Waals surface area contributed by atoms with E-state index in [0.29, 0.717) is 13.2 Å². The van der Waals surface area contributed by atoms with Crippen molar-refractivity contribution in [1.82, 2.24) is 0 Å². The largest absolute Gasteiger partial charge is 0.508 e. The third kappa shape index (κ3) is 3.35. The molecule has 0 saturated carbocycles. The third-order valence-corrected chi connectivity index (χ3v) is 2.85. The van der Waals surface area contributed by atoms with E-state index in [1.165, 1.54) is 0 Å². The first-order chi connectivity index (χ1) is 7.74. The van der Waals surface area contributed by atoms with Crippen LogP contribution in [0, 0.1) is 0 Å². The lowest BCUT2D eigenvalue weighted by Crippen LogP contribution is -2.12. The van der Waals surface area contributed by atoms with Gasteiger partial charge in [-0.25, -0.2) is 4.79 Å². The summed E-state index contributed by atoms with van der Waals surface area (Å²) in [6, 6.07) is 0. The first-order valence-electron chi connectivity index (χ1n) is 5.84. The van der Waals surface area contributed by atoms with Crippen molar-refractivity contribution in [3.05, 3.63) is 0 Å². The maximum Gasteiger partial charge on any atom is 0.508 e. The van der Waals surface area contributed by atoms with Crippen LogP contribution in [0.1, 0.15) is 32.6 Å². The summed E-state index contributed by atoms with van der Waals surface area (Å²) in [7, 11) is 0. The van der Waals surface area contributed by atoms with Crippen molar-refractivity contribution in [2.45, 2.75) is 51.1 Å². The van der Waals surface area contributed by atoms with Crippen molar-refractivity contribution >= 4 is 6.16 Å². The van der Waals surface area contributed by atoms with Crippen molar-refractivity contribution in [3.8, 4) is 0 Å². The molecule has 2 aliphatic heterocycles. The molecule has 0 aromatic rings. The van der Waals surface area contributed by atoms with Crippen LogP contribution in [0.25, 0.3) is 0 Å². The van der Waals surface area contributed by atoms with Crippen LogP contribution in [-0.2, 0) is 18.9 Å². The van der Waals surface area contributed by atoms with Crippen LogP contribution in [0.5, 0.6) is 0 Å². The van der Waals surface area contributed by atoms with Gasteiger partial charge in [0.2, 0.25) is 0 Å². The number of cyclic esters (lactones) is 2. The van der Waals surface area contributed by atoms with E-state index < -0.39 is 6.16 Å². The zero-order chi connectivity index (χ0) is 11.4. The van der Waals surface area contributed by atoms with Crippen LogP contribution >= 0.6 is 0 Å².